The van der Waals surface area contributed by atoms with Gasteiger partial charge in [0, 0.05) is 16.9 Å². The van der Waals surface area contributed by atoms with E-state index < -0.39 is 0 Å². The Kier molecular flexibility index (Phi) is 7.82. The molecule has 0 bridgehead atoms. The Morgan fingerprint density at radius 1 is 0.333 bits per heavy atom. The first-order chi connectivity index (χ1) is 23.7. The first-order valence-electron chi connectivity index (χ1n) is 16.2. The van der Waals surface area contributed by atoms with Crippen molar-refractivity contribution in [2.75, 3.05) is 4.90 Å². The van der Waals surface area contributed by atoms with Gasteiger partial charge in [-0.1, -0.05) is 158 Å². The molecule has 8 aromatic carbocycles. The van der Waals surface area contributed by atoms with E-state index >= 15 is 4.39 Å². The van der Waals surface area contributed by atoms with Crippen molar-refractivity contribution in [3.8, 4) is 44.5 Å². The van der Waals surface area contributed by atoms with Crippen LogP contribution in [-0.2, 0) is 0 Å². The minimum Gasteiger partial charge on any atom is -0.307 e. The Morgan fingerprint density at radius 3 is 1.31 bits per heavy atom. The molecule has 0 aliphatic carbocycles. The fraction of sp³-hybridized carbons (Fsp3) is 0. The first-order valence-corrected chi connectivity index (χ1v) is 16.2. The Bertz CT molecular complexity index is 2220. The minimum atomic E-state index is -0.293. The second-order valence-corrected chi connectivity index (χ2v) is 11.9. The Labute approximate surface area is 280 Å². The van der Waals surface area contributed by atoms with Crippen molar-refractivity contribution in [1.82, 2.24) is 0 Å². The van der Waals surface area contributed by atoms with Crippen molar-refractivity contribution < 1.29 is 4.39 Å². The second kappa shape index (κ2) is 12.9. The van der Waals surface area contributed by atoms with E-state index in [4.69, 9.17) is 0 Å². The lowest BCUT2D eigenvalue weighted by Gasteiger charge is -2.29. The average Bonchev–Trinajstić information content (AvgIpc) is 3.17. The highest BCUT2D eigenvalue weighted by atomic mass is 19.1. The molecule has 0 spiro atoms. The second-order valence-electron chi connectivity index (χ2n) is 11.9. The molecule has 0 heterocycles. The van der Waals surface area contributed by atoms with Gasteiger partial charge in [0.25, 0.3) is 0 Å². The predicted molar refractivity (Wildman–Crippen MR) is 200 cm³/mol. The lowest BCUT2D eigenvalue weighted by atomic mass is 9.92. The van der Waals surface area contributed by atoms with Gasteiger partial charge in [-0.05, 0) is 86.1 Å². The van der Waals surface area contributed by atoms with Crippen LogP contribution >= 0.6 is 0 Å². The molecular formula is C46H32FN. The molecule has 2 heteroatoms. The zero-order valence-electron chi connectivity index (χ0n) is 26.3. The van der Waals surface area contributed by atoms with E-state index in [1.807, 2.05) is 78.9 Å². The zero-order valence-corrected chi connectivity index (χ0v) is 26.3. The molecule has 0 saturated heterocycles. The van der Waals surface area contributed by atoms with Crippen LogP contribution in [0.15, 0.2) is 194 Å². The van der Waals surface area contributed by atoms with Crippen molar-refractivity contribution in [2.45, 2.75) is 0 Å². The van der Waals surface area contributed by atoms with Crippen LogP contribution in [0.5, 0.6) is 0 Å². The predicted octanol–water partition coefficient (Wildman–Crippen LogP) is 13.1. The molecule has 0 radical (unpaired) electrons. The van der Waals surface area contributed by atoms with Crippen LogP contribution in [0.2, 0.25) is 0 Å². The quantitative estimate of drug-likeness (QED) is 0.172. The van der Waals surface area contributed by atoms with Gasteiger partial charge >= 0.3 is 0 Å². The molecule has 0 aromatic heterocycles. The van der Waals surface area contributed by atoms with Crippen molar-refractivity contribution in [3.63, 3.8) is 0 Å². The highest BCUT2D eigenvalue weighted by Crippen LogP contribution is 2.46. The van der Waals surface area contributed by atoms with Gasteiger partial charge in [-0.2, -0.15) is 0 Å². The van der Waals surface area contributed by atoms with Gasteiger partial charge in [0.2, 0.25) is 0 Å². The van der Waals surface area contributed by atoms with Crippen molar-refractivity contribution in [1.29, 1.82) is 0 Å². The number of nitrogens with zero attached hydrogens (tertiary/aromatic N) is 1. The summed E-state index contributed by atoms with van der Waals surface area (Å²) in [6.07, 6.45) is 0. The summed E-state index contributed by atoms with van der Waals surface area (Å²) < 4.78 is 17.2. The largest absolute Gasteiger partial charge is 0.307 e. The molecule has 0 unspecified atom stereocenters. The maximum absolute atomic E-state index is 17.2. The third-order valence-corrected chi connectivity index (χ3v) is 8.94. The summed E-state index contributed by atoms with van der Waals surface area (Å²) >= 11 is 0. The average molecular weight is 618 g/mol. The number of rotatable bonds is 7. The molecule has 8 rings (SSSR count). The lowest BCUT2D eigenvalue weighted by Crippen LogP contribution is -2.13. The van der Waals surface area contributed by atoms with Gasteiger partial charge in [0.1, 0.15) is 5.82 Å². The molecule has 8 aromatic rings. The van der Waals surface area contributed by atoms with E-state index in [9.17, 15) is 0 Å². The zero-order chi connectivity index (χ0) is 32.3. The van der Waals surface area contributed by atoms with E-state index in [0.717, 1.165) is 66.7 Å². The number of anilines is 3. The standard InChI is InChI=1S/C46H32FN/c47-45-32-39(35-17-8-3-9-18-35)31-44(43-22-12-20-38-19-10-11-21-42(38)43)46(45)48(40-27-23-36(24-28-40)33-13-4-1-5-14-33)41-29-25-37(26-30-41)34-15-6-2-7-16-34/h1-32H. The van der Waals surface area contributed by atoms with Gasteiger partial charge in [0.05, 0.1) is 5.69 Å². The Morgan fingerprint density at radius 2 is 0.771 bits per heavy atom. The van der Waals surface area contributed by atoms with Crippen LogP contribution in [0.25, 0.3) is 55.3 Å². The molecule has 0 N–H and O–H groups in total. The van der Waals surface area contributed by atoms with E-state index in [1.165, 1.54) is 0 Å². The number of hydrogen-bond donors (Lipinski definition) is 0. The summed E-state index contributed by atoms with van der Waals surface area (Å²) in [5.74, 6) is -0.293. The summed E-state index contributed by atoms with van der Waals surface area (Å²) in [4.78, 5) is 2.06. The topological polar surface area (TPSA) is 3.24 Å². The van der Waals surface area contributed by atoms with Crippen LogP contribution in [0.4, 0.5) is 21.5 Å². The first kappa shape index (κ1) is 29.2. The summed E-state index contributed by atoms with van der Waals surface area (Å²) in [6.45, 7) is 0. The van der Waals surface area contributed by atoms with E-state index in [0.29, 0.717) is 5.69 Å². The SMILES string of the molecule is Fc1cc(-c2ccccc2)cc(-c2cccc3ccccc23)c1N(c1ccc(-c2ccccc2)cc1)c1ccc(-c2ccccc2)cc1. The number of fused-ring (bicyclic) bond motifs is 1. The third-order valence-electron chi connectivity index (χ3n) is 8.94. The van der Waals surface area contributed by atoms with Gasteiger partial charge < -0.3 is 4.90 Å². The summed E-state index contributed by atoms with van der Waals surface area (Å²) in [7, 11) is 0. The third kappa shape index (κ3) is 5.65. The van der Waals surface area contributed by atoms with Crippen LogP contribution in [-0.4, -0.2) is 0 Å². The fourth-order valence-electron chi connectivity index (χ4n) is 6.56. The molecular weight excluding hydrogens is 586 g/mol. The highest BCUT2D eigenvalue weighted by molar-refractivity contribution is 6.02. The maximum atomic E-state index is 17.2. The molecule has 0 atom stereocenters. The van der Waals surface area contributed by atoms with Crippen LogP contribution < -0.4 is 4.90 Å². The van der Waals surface area contributed by atoms with Crippen LogP contribution in [0, 0.1) is 5.82 Å². The Balaban J connectivity index is 1.37. The summed E-state index contributed by atoms with van der Waals surface area (Å²) in [5.41, 5.74) is 10.3. The molecule has 48 heavy (non-hydrogen) atoms. The van der Waals surface area contributed by atoms with Gasteiger partial charge in [0.15, 0.2) is 0 Å². The molecule has 1 nitrogen and oxygen atoms in total. The van der Waals surface area contributed by atoms with Gasteiger partial charge in [-0.15, -0.1) is 0 Å². The molecule has 0 saturated carbocycles. The summed E-state index contributed by atoms with van der Waals surface area (Å²) in [6, 6.07) is 65.9. The fourth-order valence-corrected chi connectivity index (χ4v) is 6.56. The van der Waals surface area contributed by atoms with Crippen molar-refractivity contribution >= 4 is 27.8 Å². The maximum Gasteiger partial charge on any atom is 0.148 e. The number of hydrogen-bond acceptors (Lipinski definition) is 1. The van der Waals surface area contributed by atoms with E-state index in [-0.39, 0.29) is 5.82 Å². The number of halogens is 1. The monoisotopic (exact) mass is 617 g/mol. The van der Waals surface area contributed by atoms with Gasteiger partial charge in [-0.3, -0.25) is 0 Å². The van der Waals surface area contributed by atoms with Crippen LogP contribution in [0.1, 0.15) is 0 Å². The summed E-state index contributed by atoms with van der Waals surface area (Å²) in [5, 5.41) is 2.18. The Hall–Kier alpha value is -6.25. The molecule has 228 valence electrons. The lowest BCUT2D eigenvalue weighted by molar-refractivity contribution is 0.630. The van der Waals surface area contributed by atoms with Crippen molar-refractivity contribution in [3.05, 3.63) is 200 Å². The van der Waals surface area contributed by atoms with Crippen LogP contribution in [0.3, 0.4) is 0 Å². The smallest absolute Gasteiger partial charge is 0.148 e. The van der Waals surface area contributed by atoms with Crippen molar-refractivity contribution in [2.24, 2.45) is 0 Å². The van der Waals surface area contributed by atoms with E-state index in [2.05, 4.69) is 114 Å². The molecule has 0 fully saturated rings. The molecule has 0 amide bonds. The van der Waals surface area contributed by atoms with Gasteiger partial charge in [-0.25, -0.2) is 4.39 Å². The molecule has 0 aliphatic rings. The normalized spacial score (nSPS) is 11.0. The number of benzene rings is 8. The molecule has 0 aliphatic heterocycles. The minimum absolute atomic E-state index is 0.293. The highest BCUT2D eigenvalue weighted by Gasteiger charge is 2.24. The van der Waals surface area contributed by atoms with E-state index in [1.54, 1.807) is 6.07 Å².